The molecule has 49 heavy (non-hydrogen) atoms. The Morgan fingerprint density at radius 3 is 2.43 bits per heavy atom. The van der Waals surface area contributed by atoms with Crippen LogP contribution in [0.15, 0.2) is 65.8 Å². The zero-order valence-electron chi connectivity index (χ0n) is 31.5. The fourth-order valence-corrected chi connectivity index (χ4v) is 14.0. The van der Waals surface area contributed by atoms with Crippen LogP contribution in [0, 0.1) is 63.1 Å². The molecule has 6 aliphatic rings. The van der Waals surface area contributed by atoms with Crippen molar-refractivity contribution in [3.05, 3.63) is 71.3 Å². The topological polar surface area (TPSA) is 52.3 Å². The summed E-state index contributed by atoms with van der Waals surface area (Å²) in [5.41, 5.74) is 13.3. The molecule has 3 nitrogen and oxygen atoms in total. The minimum Gasteiger partial charge on any atom is -0.461 e. The van der Waals surface area contributed by atoms with Gasteiger partial charge in [0.05, 0.1) is 5.92 Å². The predicted molar refractivity (Wildman–Crippen MR) is 198 cm³/mol. The van der Waals surface area contributed by atoms with E-state index in [9.17, 15) is 9.18 Å². The van der Waals surface area contributed by atoms with E-state index in [1.165, 1.54) is 68.1 Å². The lowest BCUT2D eigenvalue weighted by Crippen LogP contribution is -2.67. The number of hydrogen-bond donors (Lipinski definition) is 1. The summed E-state index contributed by atoms with van der Waals surface area (Å²) in [4.78, 5) is 13.2. The quantitative estimate of drug-likeness (QED) is 0.232. The van der Waals surface area contributed by atoms with E-state index in [-0.39, 0.29) is 28.9 Å². The zero-order chi connectivity index (χ0) is 35.0. The molecule has 0 bridgehead atoms. The van der Waals surface area contributed by atoms with Crippen molar-refractivity contribution in [1.29, 1.82) is 0 Å². The van der Waals surface area contributed by atoms with Crippen LogP contribution in [0.3, 0.4) is 0 Å². The molecule has 4 fully saturated rings. The van der Waals surface area contributed by atoms with Crippen LogP contribution in [0.2, 0.25) is 0 Å². The van der Waals surface area contributed by atoms with Gasteiger partial charge in [0.25, 0.3) is 0 Å². The largest absolute Gasteiger partial charge is 0.461 e. The van der Waals surface area contributed by atoms with Crippen molar-refractivity contribution in [3.8, 4) is 0 Å². The van der Waals surface area contributed by atoms with E-state index in [0.717, 1.165) is 31.2 Å². The molecule has 2 N–H and O–H groups in total. The average Bonchev–Trinajstić information content (AvgIpc) is 3.43. The molecular formula is C45H64FNO2. The van der Waals surface area contributed by atoms with E-state index in [0.29, 0.717) is 40.4 Å². The molecule has 7 rings (SSSR count). The van der Waals surface area contributed by atoms with E-state index < -0.39 is 18.6 Å². The van der Waals surface area contributed by atoms with E-state index in [4.69, 9.17) is 10.5 Å². The highest BCUT2D eigenvalue weighted by molar-refractivity contribution is 5.73. The number of fused-ring (bicyclic) bond motifs is 7. The third kappa shape index (κ3) is 5.38. The molecule has 0 aromatic heterocycles. The maximum absolute atomic E-state index is 14.6. The summed E-state index contributed by atoms with van der Waals surface area (Å²) < 4.78 is 20.2. The minimum absolute atomic E-state index is 0.00602. The molecule has 0 saturated heterocycles. The minimum atomic E-state index is -0.741. The summed E-state index contributed by atoms with van der Waals surface area (Å²) in [6.45, 7) is 19.3. The van der Waals surface area contributed by atoms with Gasteiger partial charge in [-0.25, -0.2) is 0 Å². The second kappa shape index (κ2) is 12.5. The molecule has 0 aliphatic heterocycles. The van der Waals surface area contributed by atoms with Crippen LogP contribution in [0.25, 0.3) is 0 Å². The van der Waals surface area contributed by atoms with Crippen molar-refractivity contribution >= 4 is 5.97 Å². The normalized spacial score (nSPS) is 43.1. The molecule has 1 aromatic rings. The third-order valence-electron chi connectivity index (χ3n) is 16.7. The summed E-state index contributed by atoms with van der Waals surface area (Å²) in [5, 5.41) is 0. The highest BCUT2D eigenvalue weighted by Crippen LogP contribution is 2.76. The molecule has 0 heterocycles. The molecule has 0 spiro atoms. The van der Waals surface area contributed by atoms with Gasteiger partial charge in [-0.15, -0.1) is 0 Å². The molecule has 6 aliphatic carbocycles. The van der Waals surface area contributed by atoms with Gasteiger partial charge in [0.2, 0.25) is 0 Å². The van der Waals surface area contributed by atoms with Crippen molar-refractivity contribution in [2.24, 2.45) is 68.8 Å². The number of esters is 1. The maximum atomic E-state index is 14.6. The van der Waals surface area contributed by atoms with Crippen LogP contribution < -0.4 is 5.73 Å². The molecule has 4 heteroatoms. The van der Waals surface area contributed by atoms with E-state index >= 15 is 0 Å². The lowest BCUT2D eigenvalue weighted by Gasteiger charge is -2.72. The van der Waals surface area contributed by atoms with Crippen molar-refractivity contribution in [3.63, 3.8) is 0 Å². The number of carbonyl (C=O) groups is 1. The monoisotopic (exact) mass is 669 g/mol. The number of carbonyl (C=O) groups excluding carboxylic acids is 1. The standard InChI is InChI=1S/C45H64FNO2/c1-29(2)33-18-23-45(47)25-24-43(6)36(39(33)45)16-17-38-42(5)21-19-35(41(3,4)37(42)20-22-44(38,43)7)32-15-11-14-31(26-32)34(27-46)40(48)49-28-30-12-9-8-10-13-30/h8-10,12-13,19,26,31,33-34,36-39H,1,11,14-18,20-25,27-28,47H2,2-7H3/t31?,33-,34?,36+,37-,38+,39+,42-,43+,44+,45-/m0/s1. The van der Waals surface area contributed by atoms with Crippen molar-refractivity contribution in [2.45, 2.75) is 131 Å². The Hall–Kier alpha value is -2.20. The van der Waals surface area contributed by atoms with E-state index in [1.54, 1.807) is 0 Å². The highest BCUT2D eigenvalue weighted by Gasteiger charge is 2.70. The SMILES string of the molecule is C=C(C)[C@@H]1CC[C@]2(N)CC[C@]3(C)[C@H](CC[C@@H]4[C@@]5(C)CC=C(C6=CC(C(CF)C(=O)OCc7ccccc7)CCC6)C(C)(C)[C@@H]5CC[C@]43C)[C@@H]12. The molecule has 11 atom stereocenters. The summed E-state index contributed by atoms with van der Waals surface area (Å²) in [7, 11) is 0. The first-order valence-electron chi connectivity index (χ1n) is 19.8. The third-order valence-corrected chi connectivity index (χ3v) is 16.7. The molecule has 0 radical (unpaired) electrons. The molecule has 268 valence electrons. The average molecular weight is 670 g/mol. The molecule has 1 aromatic carbocycles. The number of ether oxygens (including phenoxy) is 1. The number of nitrogens with two attached hydrogens (primary N) is 1. The van der Waals surface area contributed by atoms with Crippen LogP contribution in [0.1, 0.15) is 124 Å². The van der Waals surface area contributed by atoms with Gasteiger partial charge in [-0.2, -0.15) is 0 Å². The molecular weight excluding hydrogens is 605 g/mol. The Bertz CT molecular complexity index is 1510. The number of hydrogen-bond acceptors (Lipinski definition) is 3. The van der Waals surface area contributed by atoms with Gasteiger partial charge >= 0.3 is 5.97 Å². The van der Waals surface area contributed by atoms with Gasteiger partial charge in [0.1, 0.15) is 13.3 Å². The predicted octanol–water partition coefficient (Wildman–Crippen LogP) is 10.9. The highest BCUT2D eigenvalue weighted by atomic mass is 19.1. The lowest BCUT2D eigenvalue weighted by molar-refractivity contribution is -0.219. The van der Waals surface area contributed by atoms with E-state index in [2.05, 4.69) is 60.3 Å². The smallest absolute Gasteiger partial charge is 0.312 e. The summed E-state index contributed by atoms with van der Waals surface area (Å²) in [6, 6.07) is 9.69. The van der Waals surface area contributed by atoms with Crippen LogP contribution in [0.5, 0.6) is 0 Å². The molecule has 2 unspecified atom stereocenters. The number of alkyl halides is 1. The summed E-state index contributed by atoms with van der Waals surface area (Å²) in [6.07, 6.45) is 18.8. The van der Waals surface area contributed by atoms with Gasteiger partial charge in [-0.3, -0.25) is 9.18 Å². The first kappa shape index (κ1) is 35.2. The van der Waals surface area contributed by atoms with Crippen LogP contribution in [-0.2, 0) is 16.1 Å². The molecule has 4 saturated carbocycles. The van der Waals surface area contributed by atoms with Crippen molar-refractivity contribution < 1.29 is 13.9 Å². The first-order chi connectivity index (χ1) is 23.2. The summed E-state index contributed by atoms with van der Waals surface area (Å²) in [5.74, 6) is 1.87. The Labute approximate surface area is 296 Å². The second-order valence-corrected chi connectivity index (χ2v) is 19.1. The van der Waals surface area contributed by atoms with Crippen LogP contribution in [0.4, 0.5) is 4.39 Å². The number of halogens is 1. The first-order valence-corrected chi connectivity index (χ1v) is 19.8. The van der Waals surface area contributed by atoms with Crippen molar-refractivity contribution in [1.82, 2.24) is 0 Å². The Morgan fingerprint density at radius 1 is 0.959 bits per heavy atom. The van der Waals surface area contributed by atoms with Crippen LogP contribution >= 0.6 is 0 Å². The Balaban J connectivity index is 1.14. The lowest BCUT2D eigenvalue weighted by atomic mass is 9.33. The Kier molecular flexibility index (Phi) is 8.97. The maximum Gasteiger partial charge on any atom is 0.312 e. The van der Waals surface area contributed by atoms with Gasteiger partial charge in [0, 0.05) is 5.54 Å². The fourth-order valence-electron chi connectivity index (χ4n) is 14.0. The number of rotatable bonds is 7. The molecule has 0 amide bonds. The van der Waals surface area contributed by atoms with Gasteiger partial charge in [-0.1, -0.05) is 89.3 Å². The van der Waals surface area contributed by atoms with Crippen LogP contribution in [-0.4, -0.2) is 18.2 Å². The number of allylic oxidation sites excluding steroid dienone is 5. The van der Waals surface area contributed by atoms with Gasteiger partial charge in [0.15, 0.2) is 0 Å². The Morgan fingerprint density at radius 2 is 1.71 bits per heavy atom. The second-order valence-electron chi connectivity index (χ2n) is 19.1. The fraction of sp³-hybridized carbons (Fsp3) is 0.711. The summed E-state index contributed by atoms with van der Waals surface area (Å²) >= 11 is 0. The van der Waals surface area contributed by atoms with Gasteiger partial charge in [-0.05, 0) is 158 Å². The van der Waals surface area contributed by atoms with Gasteiger partial charge < -0.3 is 10.5 Å². The number of benzene rings is 1. The van der Waals surface area contributed by atoms with Crippen molar-refractivity contribution in [2.75, 3.05) is 6.67 Å². The van der Waals surface area contributed by atoms with E-state index in [1.807, 2.05) is 30.3 Å². The zero-order valence-corrected chi connectivity index (χ0v) is 31.5.